The first-order valence-corrected chi connectivity index (χ1v) is 6.39. The van der Waals surface area contributed by atoms with Gasteiger partial charge in [-0.2, -0.15) is 0 Å². The molecule has 16 heavy (non-hydrogen) atoms. The van der Waals surface area contributed by atoms with Crippen molar-refractivity contribution in [3.05, 3.63) is 42.1 Å². The lowest BCUT2D eigenvalue weighted by Gasteiger charge is -2.04. The van der Waals surface area contributed by atoms with Gasteiger partial charge in [0.05, 0.1) is 6.54 Å². The van der Waals surface area contributed by atoms with Crippen LogP contribution >= 0.6 is 38.9 Å². The Balaban J connectivity index is 2.38. The van der Waals surface area contributed by atoms with Gasteiger partial charge in [-0.1, -0.05) is 11.3 Å². The van der Waals surface area contributed by atoms with Crippen LogP contribution in [0.5, 0.6) is 0 Å². The highest BCUT2D eigenvalue weighted by Crippen LogP contribution is 2.16. The highest BCUT2D eigenvalue weighted by Gasteiger charge is 2.06. The third-order valence-corrected chi connectivity index (χ3v) is 3.42. The summed E-state index contributed by atoms with van der Waals surface area (Å²) >= 11 is 10.3. The predicted molar refractivity (Wildman–Crippen MR) is 67.2 cm³/mol. The summed E-state index contributed by atoms with van der Waals surface area (Å²) in [7, 11) is 0. The number of rotatable bonds is 2. The van der Waals surface area contributed by atoms with Crippen LogP contribution in [0.3, 0.4) is 0 Å². The summed E-state index contributed by atoms with van der Waals surface area (Å²) in [6, 6.07) is 1.78. The maximum Gasteiger partial charge on any atom is 0.253 e. The smallest absolute Gasteiger partial charge is 0.253 e. The van der Waals surface area contributed by atoms with Crippen LogP contribution in [0, 0.1) is 6.92 Å². The topological polar surface area (TPSA) is 47.8 Å². The molecule has 4 nitrogen and oxygen atoms in total. The molecule has 0 spiro atoms. The zero-order chi connectivity index (χ0) is 11.7. The summed E-state index contributed by atoms with van der Waals surface area (Å²) in [6.07, 6.45) is 1.73. The van der Waals surface area contributed by atoms with Crippen LogP contribution in [0.4, 0.5) is 0 Å². The predicted octanol–water partition coefficient (Wildman–Crippen LogP) is 2.47. The van der Waals surface area contributed by atoms with Gasteiger partial charge in [0.15, 0.2) is 0 Å². The maximum absolute atomic E-state index is 11.8. The van der Waals surface area contributed by atoms with Crippen LogP contribution in [0.15, 0.2) is 21.5 Å². The number of hydrogen-bond acceptors (Lipinski definition) is 4. The molecule has 0 saturated heterocycles. The fraction of sp³-hybridized carbons (Fsp3) is 0.222. The molecule has 0 aliphatic heterocycles. The van der Waals surface area contributed by atoms with Gasteiger partial charge in [0.25, 0.3) is 5.56 Å². The van der Waals surface area contributed by atoms with E-state index in [9.17, 15) is 4.79 Å². The molecule has 2 aromatic rings. The van der Waals surface area contributed by atoms with Crippen molar-refractivity contribution in [3.8, 4) is 0 Å². The Morgan fingerprint density at radius 1 is 1.56 bits per heavy atom. The van der Waals surface area contributed by atoms with E-state index in [4.69, 9.17) is 11.6 Å². The lowest BCUT2D eigenvalue weighted by atomic mass is 10.3. The third-order valence-electron chi connectivity index (χ3n) is 1.98. The summed E-state index contributed by atoms with van der Waals surface area (Å²) in [5.41, 5.74) is 0.652. The highest BCUT2D eigenvalue weighted by molar-refractivity contribution is 9.10. The van der Waals surface area contributed by atoms with E-state index >= 15 is 0 Å². The molecule has 0 radical (unpaired) electrons. The molecule has 2 rings (SSSR count). The molecule has 0 bridgehead atoms. The molecule has 7 heteroatoms. The van der Waals surface area contributed by atoms with Crippen LogP contribution < -0.4 is 5.56 Å². The van der Waals surface area contributed by atoms with E-state index in [0.717, 1.165) is 4.47 Å². The number of halogens is 2. The average Bonchev–Trinajstić information content (AvgIpc) is 2.60. The highest BCUT2D eigenvalue weighted by atomic mass is 79.9. The fourth-order valence-electron chi connectivity index (χ4n) is 1.30. The second-order valence-corrected chi connectivity index (χ2v) is 5.78. The molecule has 2 heterocycles. The Hall–Kier alpha value is -0.720. The molecule has 0 amide bonds. The van der Waals surface area contributed by atoms with Gasteiger partial charge in [-0.3, -0.25) is 4.79 Å². The van der Waals surface area contributed by atoms with Gasteiger partial charge < -0.3 is 4.57 Å². The van der Waals surface area contributed by atoms with E-state index in [1.165, 1.54) is 11.3 Å². The monoisotopic (exact) mass is 319 g/mol. The van der Waals surface area contributed by atoms with Gasteiger partial charge >= 0.3 is 0 Å². The molecule has 84 valence electrons. The van der Waals surface area contributed by atoms with E-state index in [0.29, 0.717) is 21.6 Å². The van der Waals surface area contributed by atoms with E-state index < -0.39 is 0 Å². The fourth-order valence-corrected chi connectivity index (χ4v) is 2.76. The van der Waals surface area contributed by atoms with Crippen molar-refractivity contribution in [1.29, 1.82) is 0 Å². The van der Waals surface area contributed by atoms with Crippen molar-refractivity contribution < 1.29 is 0 Å². The van der Waals surface area contributed by atoms with Crippen molar-refractivity contribution in [2.45, 2.75) is 13.5 Å². The molecule has 0 aliphatic carbocycles. The Morgan fingerprint density at radius 2 is 2.31 bits per heavy atom. The minimum atomic E-state index is -0.0328. The van der Waals surface area contributed by atoms with Crippen LogP contribution in [0.1, 0.15) is 10.6 Å². The number of aryl methyl sites for hydroxylation is 1. The van der Waals surface area contributed by atoms with E-state index in [1.807, 2.05) is 0 Å². The molecule has 2 aromatic heterocycles. The summed E-state index contributed by atoms with van der Waals surface area (Å²) in [5.74, 6) is 0. The minimum Gasteiger partial charge on any atom is -0.307 e. The van der Waals surface area contributed by atoms with Gasteiger partial charge in [-0.15, -0.1) is 10.2 Å². The maximum atomic E-state index is 11.8. The van der Waals surface area contributed by atoms with Gasteiger partial charge in [0, 0.05) is 16.2 Å². The number of hydrogen-bond donors (Lipinski definition) is 0. The van der Waals surface area contributed by atoms with Crippen molar-refractivity contribution in [2.24, 2.45) is 0 Å². The van der Waals surface area contributed by atoms with E-state index in [1.54, 1.807) is 23.8 Å². The number of pyridine rings is 1. The molecule has 0 fully saturated rings. The first kappa shape index (κ1) is 11.8. The largest absolute Gasteiger partial charge is 0.307 e. The number of aromatic nitrogens is 3. The first-order valence-electron chi connectivity index (χ1n) is 4.41. The zero-order valence-corrected chi connectivity index (χ0v) is 11.4. The molecule has 0 aliphatic rings. The van der Waals surface area contributed by atoms with Crippen LogP contribution in [-0.4, -0.2) is 14.8 Å². The Labute approximate surface area is 109 Å². The lowest BCUT2D eigenvalue weighted by molar-refractivity contribution is 0.735. The van der Waals surface area contributed by atoms with Crippen LogP contribution in [-0.2, 0) is 6.54 Å². The molecule has 0 aromatic carbocycles. The van der Waals surface area contributed by atoms with Crippen LogP contribution in [0.2, 0.25) is 4.47 Å². The van der Waals surface area contributed by atoms with E-state index in [2.05, 4.69) is 26.1 Å². The van der Waals surface area contributed by atoms with Crippen molar-refractivity contribution in [3.63, 3.8) is 0 Å². The molecule has 0 N–H and O–H groups in total. The third kappa shape index (κ3) is 2.50. The minimum absolute atomic E-state index is 0.0328. The quantitative estimate of drug-likeness (QED) is 0.854. The Morgan fingerprint density at radius 3 is 2.94 bits per heavy atom. The Kier molecular flexibility index (Phi) is 3.41. The second kappa shape index (κ2) is 4.65. The Bertz CT molecular complexity index is 580. The van der Waals surface area contributed by atoms with E-state index in [-0.39, 0.29) is 5.56 Å². The van der Waals surface area contributed by atoms with Gasteiger partial charge in [-0.25, -0.2) is 0 Å². The van der Waals surface area contributed by atoms with Crippen molar-refractivity contribution in [1.82, 2.24) is 14.8 Å². The lowest BCUT2D eigenvalue weighted by Crippen LogP contribution is -2.22. The van der Waals surface area contributed by atoms with Gasteiger partial charge in [0.1, 0.15) is 5.01 Å². The zero-order valence-electron chi connectivity index (χ0n) is 8.28. The molecular formula is C9H7BrClN3OS. The standard InChI is InChI=1S/C9H7BrClN3OS/c1-5-2-6(10)3-14(8(5)15)4-7-12-13-9(11)16-7/h2-3H,4H2,1H3. The van der Waals surface area contributed by atoms with Gasteiger partial charge in [-0.05, 0) is 40.5 Å². The molecule has 0 saturated carbocycles. The van der Waals surface area contributed by atoms with Crippen LogP contribution in [0.25, 0.3) is 0 Å². The molecule has 0 atom stereocenters. The SMILES string of the molecule is Cc1cc(Br)cn(Cc2nnc(Cl)s2)c1=O. The first-order chi connectivity index (χ1) is 7.56. The average molecular weight is 321 g/mol. The summed E-state index contributed by atoms with van der Waals surface area (Å²) in [6.45, 7) is 2.17. The molecule has 0 unspecified atom stereocenters. The van der Waals surface area contributed by atoms with Crippen molar-refractivity contribution in [2.75, 3.05) is 0 Å². The summed E-state index contributed by atoms with van der Waals surface area (Å²) in [5, 5.41) is 8.28. The van der Waals surface area contributed by atoms with Crippen molar-refractivity contribution >= 4 is 38.9 Å². The molecular weight excluding hydrogens is 314 g/mol. The van der Waals surface area contributed by atoms with Gasteiger partial charge in [0.2, 0.25) is 4.47 Å². The normalized spacial score (nSPS) is 10.7. The number of nitrogens with zero attached hydrogens (tertiary/aromatic N) is 3. The summed E-state index contributed by atoms with van der Waals surface area (Å²) < 4.78 is 2.82. The second-order valence-electron chi connectivity index (χ2n) is 3.22. The summed E-state index contributed by atoms with van der Waals surface area (Å²) in [4.78, 5) is 11.8.